The van der Waals surface area contributed by atoms with E-state index in [9.17, 15) is 4.79 Å². The number of nitrogens with zero attached hydrogens (tertiary/aromatic N) is 2. The molecule has 5 nitrogen and oxygen atoms in total. The van der Waals surface area contributed by atoms with E-state index in [1.54, 1.807) is 16.8 Å². The van der Waals surface area contributed by atoms with Gasteiger partial charge in [-0.15, -0.1) is 5.10 Å². The number of carbonyl (C=O) groups excluding carboxylic acids is 1. The Morgan fingerprint density at radius 1 is 1.24 bits per heavy atom. The van der Waals surface area contributed by atoms with Gasteiger partial charge in [-0.2, -0.15) is 0 Å². The van der Waals surface area contributed by atoms with Gasteiger partial charge >= 0.3 is 5.97 Å². The molecule has 2 aromatic rings. The van der Waals surface area contributed by atoms with E-state index < -0.39 is 14.3 Å². The lowest BCUT2D eigenvalue weighted by Crippen LogP contribution is -2.40. The first-order valence-electron chi connectivity index (χ1n) is 8.46. The molecule has 0 aliphatic rings. The summed E-state index contributed by atoms with van der Waals surface area (Å²) in [5, 5.41) is 4.42. The number of hydrogen-bond donors (Lipinski definition) is 0. The van der Waals surface area contributed by atoms with Crippen LogP contribution >= 0.6 is 0 Å². The van der Waals surface area contributed by atoms with Gasteiger partial charge in [0, 0.05) is 13.1 Å². The van der Waals surface area contributed by atoms with Crippen LogP contribution < -0.4 is 4.74 Å². The predicted molar refractivity (Wildman–Crippen MR) is 101 cm³/mol. The molecule has 0 saturated heterocycles. The van der Waals surface area contributed by atoms with Gasteiger partial charge in [0.15, 0.2) is 8.32 Å². The lowest BCUT2D eigenvalue weighted by molar-refractivity contribution is 0.0726. The highest BCUT2D eigenvalue weighted by atomic mass is 28.4. The monoisotopic (exact) mass is 360 g/mol. The third-order valence-electron chi connectivity index (χ3n) is 4.90. The maximum absolute atomic E-state index is 12.3. The molecule has 0 aliphatic carbocycles. The maximum atomic E-state index is 12.3. The van der Waals surface area contributed by atoms with Gasteiger partial charge in [-0.25, -0.2) is 4.79 Å². The van der Waals surface area contributed by atoms with Crippen molar-refractivity contribution in [2.75, 3.05) is 0 Å². The number of aryl methyl sites for hydroxylation is 2. The fourth-order valence-corrected chi connectivity index (χ4v) is 3.03. The Morgan fingerprint density at radius 2 is 1.88 bits per heavy atom. The minimum atomic E-state index is -1.84. The van der Waals surface area contributed by atoms with E-state index in [-0.39, 0.29) is 5.04 Å². The van der Waals surface area contributed by atoms with Gasteiger partial charge in [0.25, 0.3) is 0 Å². The van der Waals surface area contributed by atoms with Crippen molar-refractivity contribution in [2.24, 2.45) is 7.05 Å². The summed E-state index contributed by atoms with van der Waals surface area (Å²) in [4.78, 5) is 12.3. The topological polar surface area (TPSA) is 53.4 Å². The quantitative estimate of drug-likeness (QED) is 0.583. The molecule has 0 spiro atoms. The average Bonchev–Trinajstić information content (AvgIpc) is 2.84. The minimum Gasteiger partial charge on any atom is -0.411 e. The van der Waals surface area contributed by atoms with E-state index in [2.05, 4.69) is 39.0 Å². The van der Waals surface area contributed by atoms with Crippen LogP contribution in [0.4, 0.5) is 0 Å². The Kier molecular flexibility index (Phi) is 5.54. The number of benzene rings is 1. The van der Waals surface area contributed by atoms with Crippen LogP contribution in [0.15, 0.2) is 30.3 Å². The van der Waals surface area contributed by atoms with Crippen LogP contribution in [0.2, 0.25) is 18.1 Å². The summed E-state index contributed by atoms with van der Waals surface area (Å²) in [5.74, 6) is -0.0994. The number of esters is 1. The molecule has 0 unspecified atom stereocenters. The summed E-state index contributed by atoms with van der Waals surface area (Å²) < 4.78 is 13.3. The zero-order valence-corrected chi connectivity index (χ0v) is 17.2. The van der Waals surface area contributed by atoms with E-state index >= 15 is 0 Å². The third-order valence-corrected chi connectivity index (χ3v) is 9.38. The van der Waals surface area contributed by atoms with Crippen LogP contribution in [0.1, 0.15) is 42.4 Å². The smallest absolute Gasteiger partial charge is 0.345 e. The van der Waals surface area contributed by atoms with Crippen LogP contribution in [0.5, 0.6) is 5.88 Å². The summed E-state index contributed by atoms with van der Waals surface area (Å²) in [7, 11) is -0.0135. The van der Waals surface area contributed by atoms with Crippen LogP contribution in [-0.2, 0) is 18.1 Å². The molecule has 2 rings (SSSR count). The van der Waals surface area contributed by atoms with Gasteiger partial charge in [0.2, 0.25) is 5.88 Å². The lowest BCUT2D eigenvalue weighted by atomic mass is 10.1. The van der Waals surface area contributed by atoms with Crippen LogP contribution in [0.25, 0.3) is 0 Å². The van der Waals surface area contributed by atoms with Gasteiger partial charge < -0.3 is 9.16 Å². The molecule has 0 N–H and O–H groups in total. The molecular weight excluding hydrogens is 332 g/mol. The Labute approximate surface area is 151 Å². The third kappa shape index (κ3) is 4.58. The van der Waals surface area contributed by atoms with Crippen LogP contribution in [0, 0.1) is 6.92 Å². The maximum Gasteiger partial charge on any atom is 0.345 e. The van der Waals surface area contributed by atoms with E-state index in [1.807, 2.05) is 32.2 Å². The van der Waals surface area contributed by atoms with E-state index in [0.29, 0.717) is 18.1 Å². The van der Waals surface area contributed by atoms with Crippen molar-refractivity contribution >= 4 is 14.3 Å². The Hall–Kier alpha value is -1.92. The van der Waals surface area contributed by atoms with Gasteiger partial charge in [-0.1, -0.05) is 39.0 Å². The molecule has 0 amide bonds. The first-order chi connectivity index (χ1) is 11.5. The van der Waals surface area contributed by atoms with Crippen molar-refractivity contribution in [2.45, 2.75) is 52.4 Å². The lowest BCUT2D eigenvalue weighted by Gasteiger charge is -2.36. The molecular formula is C19H28N2O3Si. The summed E-state index contributed by atoms with van der Waals surface area (Å²) in [6, 6.07) is 9.11. The Bertz CT molecular complexity index is 760. The summed E-state index contributed by atoms with van der Waals surface area (Å²) in [6.45, 7) is 13.4. The molecule has 0 radical (unpaired) electrons. The van der Waals surface area contributed by atoms with E-state index in [0.717, 1.165) is 11.3 Å². The second-order valence-corrected chi connectivity index (χ2v) is 12.7. The largest absolute Gasteiger partial charge is 0.411 e. The molecule has 25 heavy (non-hydrogen) atoms. The standard InChI is InChI=1S/C19H28N2O3Si/c1-14-10-8-9-11-16(14)18(22)24-17-12-15(21(5)20-17)13-23-25(6,7)19(2,3)4/h8-12H,13H2,1-7H3. The number of rotatable bonds is 5. The minimum absolute atomic E-state index is 0.145. The molecule has 0 bridgehead atoms. The number of ether oxygens (including phenoxy) is 1. The second-order valence-electron chi connectivity index (χ2n) is 7.85. The highest BCUT2D eigenvalue weighted by Crippen LogP contribution is 2.37. The molecule has 1 aromatic heterocycles. The zero-order chi connectivity index (χ0) is 18.8. The van der Waals surface area contributed by atoms with Crippen molar-refractivity contribution in [1.82, 2.24) is 9.78 Å². The first kappa shape index (κ1) is 19.4. The Morgan fingerprint density at radius 3 is 2.48 bits per heavy atom. The molecule has 0 atom stereocenters. The normalized spacial score (nSPS) is 12.3. The van der Waals surface area contributed by atoms with Crippen LogP contribution in [0.3, 0.4) is 0 Å². The highest BCUT2D eigenvalue weighted by Gasteiger charge is 2.37. The van der Waals surface area contributed by atoms with E-state index in [4.69, 9.17) is 9.16 Å². The fraction of sp³-hybridized carbons (Fsp3) is 0.474. The van der Waals surface area contributed by atoms with Gasteiger partial charge in [0.1, 0.15) is 0 Å². The molecule has 136 valence electrons. The van der Waals surface area contributed by atoms with Crippen molar-refractivity contribution in [3.05, 3.63) is 47.2 Å². The summed E-state index contributed by atoms with van der Waals surface area (Å²) in [5.41, 5.74) is 2.31. The molecule has 1 heterocycles. The zero-order valence-electron chi connectivity index (χ0n) is 16.2. The highest BCUT2D eigenvalue weighted by molar-refractivity contribution is 6.74. The molecule has 0 saturated carbocycles. The van der Waals surface area contributed by atoms with Crippen molar-refractivity contribution in [1.29, 1.82) is 0 Å². The van der Waals surface area contributed by atoms with Crippen LogP contribution in [-0.4, -0.2) is 24.1 Å². The first-order valence-corrected chi connectivity index (χ1v) is 11.4. The van der Waals surface area contributed by atoms with Gasteiger partial charge in [0.05, 0.1) is 17.9 Å². The number of hydrogen-bond acceptors (Lipinski definition) is 4. The van der Waals surface area contributed by atoms with Crippen molar-refractivity contribution < 1.29 is 14.0 Å². The van der Waals surface area contributed by atoms with Crippen molar-refractivity contribution in [3.63, 3.8) is 0 Å². The predicted octanol–water partition coefficient (Wildman–Crippen LogP) is 4.47. The molecule has 6 heteroatoms. The molecule has 0 aliphatic heterocycles. The van der Waals surface area contributed by atoms with Crippen molar-refractivity contribution in [3.8, 4) is 5.88 Å². The Balaban J connectivity index is 2.08. The molecule has 1 aromatic carbocycles. The second kappa shape index (κ2) is 7.13. The SMILES string of the molecule is Cc1ccccc1C(=O)Oc1cc(CO[Si](C)(C)C(C)(C)C)n(C)n1. The number of aromatic nitrogens is 2. The van der Waals surface area contributed by atoms with E-state index in [1.165, 1.54) is 0 Å². The summed E-state index contributed by atoms with van der Waals surface area (Å²) in [6.07, 6.45) is 0. The average molecular weight is 361 g/mol. The van der Waals surface area contributed by atoms with Gasteiger partial charge in [-0.3, -0.25) is 4.68 Å². The van der Waals surface area contributed by atoms with Gasteiger partial charge in [-0.05, 0) is 36.7 Å². The summed E-state index contributed by atoms with van der Waals surface area (Å²) >= 11 is 0. The molecule has 0 fully saturated rings. The fourth-order valence-electron chi connectivity index (χ4n) is 2.08. The number of carbonyl (C=O) groups is 1.